The van der Waals surface area contributed by atoms with Crippen LogP contribution in [0.25, 0.3) is 33.3 Å². The van der Waals surface area contributed by atoms with Crippen LogP contribution in [0, 0.1) is 6.92 Å². The molecule has 0 bridgehead atoms. The Morgan fingerprint density at radius 1 is 1.11 bits per heavy atom. The van der Waals surface area contributed by atoms with E-state index in [9.17, 15) is 0 Å². The highest BCUT2D eigenvalue weighted by molar-refractivity contribution is 6.08. The number of benzene rings is 1. The van der Waals surface area contributed by atoms with E-state index in [2.05, 4.69) is 4.98 Å². The van der Waals surface area contributed by atoms with Crippen LogP contribution in [0.3, 0.4) is 0 Å². The molecule has 0 saturated heterocycles. The minimum absolute atomic E-state index is 0.0338. The molecule has 3 nitrogen and oxygen atoms in total. The standard InChI is InChI=1S/C24H27N2O/c1-14(2)19-12-21(26(6)13-20(19)15(3)4)22-16(5)9-10-17-18-8-7-11-25-24(18)27-23(17)22/h7-15H,1-6H3/q+1/i1D3,3D3,14D,15D. The van der Waals surface area contributed by atoms with Crippen molar-refractivity contribution in [3.63, 3.8) is 0 Å². The molecule has 0 fully saturated rings. The largest absolute Gasteiger partial charge is 0.437 e. The molecule has 0 N–H and O–H groups in total. The minimum atomic E-state index is -2.77. The van der Waals surface area contributed by atoms with Crippen LogP contribution in [0.15, 0.2) is 47.1 Å². The topological polar surface area (TPSA) is 29.9 Å². The normalized spacial score (nSPS) is 21.6. The van der Waals surface area contributed by atoms with E-state index >= 15 is 0 Å². The summed E-state index contributed by atoms with van der Waals surface area (Å²) in [6.07, 6.45) is 3.09. The van der Waals surface area contributed by atoms with Crippen molar-refractivity contribution in [2.45, 2.75) is 46.3 Å². The molecule has 0 radical (unpaired) electrons. The van der Waals surface area contributed by atoms with Crippen LogP contribution in [0.2, 0.25) is 0 Å². The fourth-order valence-electron chi connectivity index (χ4n) is 3.60. The van der Waals surface area contributed by atoms with Crippen molar-refractivity contribution >= 4 is 22.1 Å². The Morgan fingerprint density at radius 2 is 1.89 bits per heavy atom. The number of aryl methyl sites for hydroxylation is 2. The van der Waals surface area contributed by atoms with E-state index in [1.54, 1.807) is 17.8 Å². The molecule has 0 aliphatic heterocycles. The Labute approximate surface area is 171 Å². The Balaban J connectivity index is 2.12. The van der Waals surface area contributed by atoms with Gasteiger partial charge in [-0.25, -0.2) is 9.55 Å². The summed E-state index contributed by atoms with van der Waals surface area (Å²) in [5, 5.41) is 1.66. The molecule has 2 atom stereocenters. The molecule has 0 aliphatic rings. The van der Waals surface area contributed by atoms with E-state index in [1.807, 2.05) is 31.2 Å². The molecule has 1 aromatic carbocycles. The molecular formula is C24H27N2O+. The number of rotatable bonds is 3. The molecule has 0 amide bonds. The van der Waals surface area contributed by atoms with Gasteiger partial charge in [0.25, 0.3) is 0 Å². The van der Waals surface area contributed by atoms with E-state index in [1.165, 1.54) is 26.1 Å². The van der Waals surface area contributed by atoms with Crippen LogP contribution >= 0.6 is 0 Å². The second-order valence-electron chi connectivity index (χ2n) is 6.94. The van der Waals surface area contributed by atoms with E-state index in [4.69, 9.17) is 15.4 Å². The summed E-state index contributed by atoms with van der Waals surface area (Å²) in [7, 11) is 1.70. The molecular weight excluding hydrogens is 332 g/mol. The summed E-state index contributed by atoms with van der Waals surface area (Å²) in [5.41, 5.74) is 3.00. The van der Waals surface area contributed by atoms with Crippen molar-refractivity contribution in [1.29, 1.82) is 0 Å². The van der Waals surface area contributed by atoms with Gasteiger partial charge in [0.05, 0.1) is 5.56 Å². The maximum Gasteiger partial charge on any atom is 0.227 e. The fourth-order valence-corrected chi connectivity index (χ4v) is 3.60. The third-order valence-corrected chi connectivity index (χ3v) is 4.96. The summed E-state index contributed by atoms with van der Waals surface area (Å²) in [4.78, 5) is 4.30. The van der Waals surface area contributed by atoms with Gasteiger partial charge in [0.1, 0.15) is 7.05 Å². The van der Waals surface area contributed by atoms with Crippen LogP contribution in [0.4, 0.5) is 0 Å². The molecule has 4 rings (SSSR count). The lowest BCUT2D eigenvalue weighted by atomic mass is 9.90. The average Bonchev–Trinajstić information content (AvgIpc) is 3.10. The van der Waals surface area contributed by atoms with Gasteiger partial charge in [-0.1, -0.05) is 39.7 Å². The summed E-state index contributed by atoms with van der Waals surface area (Å²) >= 11 is 0. The zero-order chi connectivity index (χ0) is 26.1. The van der Waals surface area contributed by atoms with Crippen molar-refractivity contribution < 1.29 is 20.0 Å². The Morgan fingerprint density at radius 3 is 2.67 bits per heavy atom. The van der Waals surface area contributed by atoms with Gasteiger partial charge >= 0.3 is 0 Å². The Hall–Kier alpha value is -2.68. The molecule has 27 heavy (non-hydrogen) atoms. The maximum atomic E-state index is 8.81. The van der Waals surface area contributed by atoms with Crippen LogP contribution in [0.1, 0.15) is 67.0 Å². The molecule has 138 valence electrons. The average molecular weight is 368 g/mol. The lowest BCUT2D eigenvalue weighted by Crippen LogP contribution is -2.32. The van der Waals surface area contributed by atoms with Gasteiger partial charge < -0.3 is 4.42 Å². The van der Waals surface area contributed by atoms with Gasteiger partial charge in [0.15, 0.2) is 11.8 Å². The van der Waals surface area contributed by atoms with Crippen molar-refractivity contribution in [3.8, 4) is 11.3 Å². The first-order chi connectivity index (χ1) is 16.0. The van der Waals surface area contributed by atoms with E-state index in [0.717, 1.165) is 16.3 Å². The molecule has 3 aromatic heterocycles. The fraction of sp³-hybridized carbons (Fsp3) is 0.333. The van der Waals surface area contributed by atoms with Gasteiger partial charge in [-0.2, -0.15) is 0 Å². The van der Waals surface area contributed by atoms with Gasteiger partial charge in [-0.3, -0.25) is 0 Å². The molecule has 0 saturated carbocycles. The highest BCUT2D eigenvalue weighted by Crippen LogP contribution is 2.37. The van der Waals surface area contributed by atoms with Gasteiger partial charge in [0.2, 0.25) is 11.4 Å². The lowest BCUT2D eigenvalue weighted by Gasteiger charge is -2.16. The van der Waals surface area contributed by atoms with E-state index in [0.29, 0.717) is 22.6 Å². The highest BCUT2D eigenvalue weighted by Gasteiger charge is 2.24. The molecule has 0 spiro atoms. The van der Waals surface area contributed by atoms with Gasteiger partial charge in [-0.15, -0.1) is 0 Å². The summed E-state index contributed by atoms with van der Waals surface area (Å²) in [6, 6.07) is 9.10. The second-order valence-corrected chi connectivity index (χ2v) is 6.94. The van der Waals surface area contributed by atoms with Crippen LogP contribution < -0.4 is 4.57 Å². The number of hydrogen-bond acceptors (Lipinski definition) is 2. The number of pyridine rings is 2. The van der Waals surface area contributed by atoms with Crippen LogP contribution in [-0.2, 0) is 7.05 Å². The minimum Gasteiger partial charge on any atom is -0.437 e. The number of furan rings is 1. The summed E-state index contributed by atoms with van der Waals surface area (Å²) < 4.78 is 73.1. The number of aromatic nitrogens is 2. The predicted octanol–water partition coefficient (Wildman–Crippen LogP) is 6.03. The first-order valence-electron chi connectivity index (χ1n) is 12.8. The summed E-state index contributed by atoms with van der Waals surface area (Å²) in [6.45, 7) is -1.17. The third-order valence-electron chi connectivity index (χ3n) is 4.96. The Kier molecular flexibility index (Phi) is 2.55. The SMILES string of the molecule is [2H]C([2H])([2H])C([2H])(C)c1cc(-c2c(C)ccc3c2oc2ncccc23)[n+](C)cc1C([2H])(C)C([2H])([2H])[2H]. The lowest BCUT2D eigenvalue weighted by molar-refractivity contribution is -0.660. The number of nitrogens with zero attached hydrogens (tertiary/aromatic N) is 2. The van der Waals surface area contributed by atoms with E-state index in [-0.39, 0.29) is 11.1 Å². The van der Waals surface area contributed by atoms with Crippen molar-refractivity contribution in [2.75, 3.05) is 0 Å². The van der Waals surface area contributed by atoms with Crippen LogP contribution in [-0.4, -0.2) is 4.98 Å². The number of fused-ring (bicyclic) bond motifs is 3. The van der Waals surface area contributed by atoms with Crippen molar-refractivity contribution in [3.05, 3.63) is 59.4 Å². The zero-order valence-electron chi connectivity index (χ0n) is 23.8. The number of hydrogen-bond donors (Lipinski definition) is 0. The molecule has 2 unspecified atom stereocenters. The monoisotopic (exact) mass is 367 g/mol. The van der Waals surface area contributed by atoms with E-state index < -0.39 is 25.5 Å². The Bertz CT molecular complexity index is 1450. The van der Waals surface area contributed by atoms with Gasteiger partial charge in [-0.05, 0) is 42.0 Å². The molecule has 3 heteroatoms. The quantitative estimate of drug-likeness (QED) is 0.414. The predicted molar refractivity (Wildman–Crippen MR) is 111 cm³/mol. The smallest absolute Gasteiger partial charge is 0.227 e. The van der Waals surface area contributed by atoms with Crippen molar-refractivity contribution in [1.82, 2.24) is 4.98 Å². The van der Waals surface area contributed by atoms with Crippen molar-refractivity contribution in [2.24, 2.45) is 7.05 Å². The first-order valence-corrected chi connectivity index (χ1v) is 8.80. The van der Waals surface area contributed by atoms with Gasteiger partial charge in [0, 0.05) is 39.6 Å². The zero-order valence-corrected chi connectivity index (χ0v) is 15.8. The first kappa shape index (κ1) is 10.6. The molecule has 3 heterocycles. The van der Waals surface area contributed by atoms with Crippen LogP contribution in [0.5, 0.6) is 0 Å². The second kappa shape index (κ2) is 6.49. The maximum absolute atomic E-state index is 8.81. The molecule has 4 aromatic rings. The highest BCUT2D eigenvalue weighted by atomic mass is 16.3. The summed E-state index contributed by atoms with van der Waals surface area (Å²) in [5.74, 6) is -4.31. The third kappa shape index (κ3) is 2.82. The molecule has 0 aliphatic carbocycles.